The minimum Gasteiger partial charge on any atom is -0.354 e. The predicted molar refractivity (Wildman–Crippen MR) is 97.9 cm³/mol. The van der Waals surface area contributed by atoms with Gasteiger partial charge in [-0.3, -0.25) is 0 Å². The second-order valence-corrected chi connectivity index (χ2v) is 6.16. The number of hydrogen-bond donors (Lipinski definition) is 3. The number of H-pyrrole nitrogens is 2. The topological polar surface area (TPSA) is 69.4 Å². The van der Waals surface area contributed by atoms with Gasteiger partial charge in [0.15, 0.2) is 5.65 Å². The number of hydrogen-bond acceptors (Lipinski definition) is 3. The van der Waals surface area contributed by atoms with E-state index in [0.29, 0.717) is 0 Å². The number of fused-ring (bicyclic) bond motifs is 2. The Morgan fingerprint density at radius 3 is 2.92 bits per heavy atom. The van der Waals surface area contributed by atoms with Gasteiger partial charge < -0.3 is 15.3 Å². The zero-order valence-electron chi connectivity index (χ0n) is 14.0. The molecule has 1 aromatic carbocycles. The molecule has 5 heteroatoms. The molecule has 0 saturated heterocycles. The molecule has 0 amide bonds. The lowest BCUT2D eigenvalue weighted by molar-refractivity contribution is 0.676. The average Bonchev–Trinajstić information content (AvgIpc) is 3.16. The lowest BCUT2D eigenvalue weighted by Crippen LogP contribution is -2.13. The van der Waals surface area contributed by atoms with Crippen LogP contribution in [0.2, 0.25) is 0 Å². The number of rotatable bonds is 5. The van der Waals surface area contributed by atoms with Gasteiger partial charge in [-0.25, -0.2) is 9.97 Å². The fraction of sp³-hybridized carbons (Fsp3) is 0.263. The Morgan fingerprint density at radius 1 is 1.12 bits per heavy atom. The Kier molecular flexibility index (Phi) is 3.78. The monoisotopic (exact) mass is 319 g/mol. The minimum absolute atomic E-state index is 0.827. The summed E-state index contributed by atoms with van der Waals surface area (Å²) in [5.41, 5.74) is 6.33. The summed E-state index contributed by atoms with van der Waals surface area (Å²) in [6.07, 6.45) is 2.97. The molecule has 0 fully saturated rings. The molecule has 4 rings (SSSR count). The summed E-state index contributed by atoms with van der Waals surface area (Å²) < 4.78 is 0. The largest absolute Gasteiger partial charge is 0.354 e. The highest BCUT2D eigenvalue weighted by molar-refractivity contribution is 5.94. The minimum atomic E-state index is 0.827. The van der Waals surface area contributed by atoms with Gasteiger partial charge in [-0.15, -0.1) is 0 Å². The van der Waals surface area contributed by atoms with E-state index >= 15 is 0 Å². The molecule has 5 nitrogen and oxygen atoms in total. The molecule has 4 aromatic rings. The Hall–Kier alpha value is -2.66. The number of pyridine rings is 1. The predicted octanol–water partition coefficient (Wildman–Crippen LogP) is 3.91. The average molecular weight is 319 g/mol. The number of aromatic nitrogens is 4. The number of benzene rings is 1. The van der Waals surface area contributed by atoms with Crippen molar-refractivity contribution in [2.24, 2.45) is 0 Å². The van der Waals surface area contributed by atoms with E-state index in [1.165, 1.54) is 10.9 Å². The number of aromatic amines is 2. The second-order valence-electron chi connectivity index (χ2n) is 6.16. The maximum atomic E-state index is 4.58. The van der Waals surface area contributed by atoms with Crippen molar-refractivity contribution < 1.29 is 0 Å². The van der Waals surface area contributed by atoms with Crippen LogP contribution >= 0.6 is 0 Å². The first-order chi connectivity index (χ1) is 11.7. The molecule has 0 radical (unpaired) electrons. The fourth-order valence-corrected chi connectivity index (χ4v) is 3.08. The highest BCUT2D eigenvalue weighted by atomic mass is 15.0. The van der Waals surface area contributed by atoms with E-state index in [0.717, 1.165) is 53.3 Å². The molecule has 0 unspecified atom stereocenters. The molecule has 0 aliphatic heterocycles. The molecule has 3 heterocycles. The van der Waals surface area contributed by atoms with E-state index in [-0.39, 0.29) is 0 Å². The van der Waals surface area contributed by atoms with Crippen molar-refractivity contribution in [1.82, 2.24) is 25.3 Å². The number of imidazole rings is 1. The van der Waals surface area contributed by atoms with Crippen LogP contribution in [0.25, 0.3) is 33.3 Å². The number of aryl methyl sites for hydroxylation is 1. The summed E-state index contributed by atoms with van der Waals surface area (Å²) in [5, 5.41) is 4.65. The van der Waals surface area contributed by atoms with Gasteiger partial charge in [0.05, 0.1) is 0 Å². The Labute approximate surface area is 140 Å². The van der Waals surface area contributed by atoms with Crippen LogP contribution in [0.5, 0.6) is 0 Å². The molecule has 0 saturated carbocycles. The summed E-state index contributed by atoms with van der Waals surface area (Å²) in [5.74, 6) is 0.880. The van der Waals surface area contributed by atoms with Gasteiger partial charge in [-0.1, -0.05) is 19.1 Å². The van der Waals surface area contributed by atoms with Crippen LogP contribution in [0.15, 0.2) is 36.5 Å². The zero-order chi connectivity index (χ0) is 16.5. The van der Waals surface area contributed by atoms with Gasteiger partial charge in [0.25, 0.3) is 0 Å². The maximum Gasteiger partial charge on any atom is 0.158 e. The quantitative estimate of drug-likeness (QED) is 0.488. The molecular weight excluding hydrogens is 298 g/mol. The maximum absolute atomic E-state index is 4.58. The van der Waals surface area contributed by atoms with Crippen LogP contribution in [0.1, 0.15) is 24.7 Å². The smallest absolute Gasteiger partial charge is 0.158 e. The summed E-state index contributed by atoms with van der Waals surface area (Å²) in [7, 11) is 0. The van der Waals surface area contributed by atoms with Gasteiger partial charge >= 0.3 is 0 Å². The summed E-state index contributed by atoms with van der Waals surface area (Å²) >= 11 is 0. The van der Waals surface area contributed by atoms with E-state index in [4.69, 9.17) is 0 Å². The Bertz CT molecular complexity index is 996. The van der Waals surface area contributed by atoms with Gasteiger partial charge in [0, 0.05) is 34.9 Å². The molecule has 0 aliphatic carbocycles. The van der Waals surface area contributed by atoms with E-state index in [1.54, 1.807) is 0 Å². The third-order valence-corrected chi connectivity index (χ3v) is 4.24. The first-order valence-electron chi connectivity index (χ1n) is 8.38. The van der Waals surface area contributed by atoms with Gasteiger partial charge in [-0.05, 0) is 43.7 Å². The van der Waals surface area contributed by atoms with Crippen LogP contribution in [0.3, 0.4) is 0 Å². The second kappa shape index (κ2) is 6.09. The third kappa shape index (κ3) is 2.67. The normalized spacial score (nSPS) is 11.6. The first kappa shape index (κ1) is 14.9. The molecule has 0 spiro atoms. The molecule has 3 N–H and O–H groups in total. The fourth-order valence-electron chi connectivity index (χ4n) is 3.08. The standard InChI is InChI=1S/C19H21N5/c1-3-7-20-11-13-4-5-14-10-17(24-16(14)9-13)15-6-8-21-19-18(15)22-12(2)23-19/h4-6,8-10,20,24H,3,7,11H2,1-2H3,(H,21,22,23). The van der Waals surface area contributed by atoms with Crippen molar-refractivity contribution in [2.45, 2.75) is 26.8 Å². The molecule has 0 aliphatic rings. The zero-order valence-corrected chi connectivity index (χ0v) is 14.0. The number of nitrogens with zero attached hydrogens (tertiary/aromatic N) is 2. The molecule has 0 atom stereocenters. The van der Waals surface area contributed by atoms with Crippen molar-refractivity contribution in [3.8, 4) is 11.3 Å². The van der Waals surface area contributed by atoms with Crippen LogP contribution in [0.4, 0.5) is 0 Å². The SMILES string of the molecule is CCCNCc1ccc2cc(-c3ccnc4[nH]c(C)nc34)[nH]c2c1. The summed E-state index contributed by atoms with van der Waals surface area (Å²) in [6.45, 7) is 6.07. The Morgan fingerprint density at radius 2 is 2.04 bits per heavy atom. The van der Waals surface area contributed by atoms with Crippen LogP contribution < -0.4 is 5.32 Å². The first-order valence-corrected chi connectivity index (χ1v) is 8.38. The lowest BCUT2D eigenvalue weighted by atomic mass is 10.1. The van der Waals surface area contributed by atoms with E-state index in [2.05, 4.69) is 56.4 Å². The van der Waals surface area contributed by atoms with E-state index in [9.17, 15) is 0 Å². The highest BCUT2D eigenvalue weighted by Crippen LogP contribution is 2.29. The van der Waals surface area contributed by atoms with E-state index in [1.807, 2.05) is 19.2 Å². The summed E-state index contributed by atoms with van der Waals surface area (Å²) in [6, 6.07) is 10.8. The third-order valence-electron chi connectivity index (χ3n) is 4.24. The van der Waals surface area contributed by atoms with Crippen molar-refractivity contribution in [3.05, 3.63) is 47.9 Å². The van der Waals surface area contributed by atoms with Crippen molar-refractivity contribution >= 4 is 22.1 Å². The molecule has 0 bridgehead atoms. The van der Waals surface area contributed by atoms with Crippen molar-refractivity contribution in [2.75, 3.05) is 6.54 Å². The van der Waals surface area contributed by atoms with Crippen LogP contribution in [-0.4, -0.2) is 26.5 Å². The van der Waals surface area contributed by atoms with Crippen molar-refractivity contribution in [3.63, 3.8) is 0 Å². The van der Waals surface area contributed by atoms with Gasteiger partial charge in [-0.2, -0.15) is 0 Å². The number of nitrogens with one attached hydrogen (secondary N) is 3. The van der Waals surface area contributed by atoms with Gasteiger partial charge in [0.2, 0.25) is 0 Å². The highest BCUT2D eigenvalue weighted by Gasteiger charge is 2.11. The molecule has 122 valence electrons. The van der Waals surface area contributed by atoms with Crippen molar-refractivity contribution in [1.29, 1.82) is 0 Å². The molecule has 3 aromatic heterocycles. The van der Waals surface area contributed by atoms with E-state index < -0.39 is 0 Å². The lowest BCUT2D eigenvalue weighted by Gasteiger charge is -2.03. The Balaban J connectivity index is 1.74. The van der Waals surface area contributed by atoms with Crippen LogP contribution in [0, 0.1) is 6.92 Å². The molecular formula is C19H21N5. The van der Waals surface area contributed by atoms with Crippen LogP contribution in [-0.2, 0) is 6.54 Å². The van der Waals surface area contributed by atoms with Gasteiger partial charge in [0.1, 0.15) is 11.3 Å². The molecule has 24 heavy (non-hydrogen) atoms. The summed E-state index contributed by atoms with van der Waals surface area (Å²) in [4.78, 5) is 15.7.